The Morgan fingerprint density at radius 2 is 1.78 bits per heavy atom. The van der Waals surface area contributed by atoms with Crippen molar-refractivity contribution in [1.82, 2.24) is 5.32 Å². The van der Waals surface area contributed by atoms with Crippen LogP contribution in [0.5, 0.6) is 0 Å². The van der Waals surface area contributed by atoms with Crippen LogP contribution in [0.25, 0.3) is 0 Å². The highest BCUT2D eigenvalue weighted by atomic mass is 16.5. The number of aliphatic hydroxyl groups is 3. The molecule has 0 fully saturated rings. The van der Waals surface area contributed by atoms with Crippen molar-refractivity contribution in [3.05, 3.63) is 72.2 Å². The number of rotatable bonds is 11. The average molecular weight is 446 g/mol. The van der Waals surface area contributed by atoms with Gasteiger partial charge in [0, 0.05) is 19.6 Å². The van der Waals surface area contributed by atoms with Crippen molar-refractivity contribution in [1.29, 1.82) is 0 Å². The number of furan rings is 1. The van der Waals surface area contributed by atoms with Gasteiger partial charge in [0.05, 0.1) is 6.26 Å². The first-order valence-electron chi connectivity index (χ1n) is 10.8. The first-order valence-corrected chi connectivity index (χ1v) is 10.8. The number of carbonyl (C=O) groups is 1. The summed E-state index contributed by atoms with van der Waals surface area (Å²) in [6.45, 7) is 6.12. The fourth-order valence-electron chi connectivity index (χ4n) is 3.37. The molecule has 0 bridgehead atoms. The van der Waals surface area contributed by atoms with Crippen LogP contribution in [0, 0.1) is 5.41 Å². The number of hydrogen-bond donors (Lipinski definition) is 4. The molecule has 0 unspecified atom stereocenters. The van der Waals surface area contributed by atoms with Crippen LogP contribution in [0.1, 0.15) is 44.4 Å². The van der Waals surface area contributed by atoms with Gasteiger partial charge in [0.1, 0.15) is 24.1 Å². The normalized spacial score (nSPS) is 17.0. The Hall–Kier alpha value is -2.45. The predicted octanol–water partition coefficient (Wildman–Crippen LogP) is 2.62. The van der Waals surface area contributed by atoms with E-state index in [-0.39, 0.29) is 11.3 Å². The average Bonchev–Trinajstić information content (AvgIpc) is 3.29. The monoisotopic (exact) mass is 445 g/mol. The number of nitrogens with one attached hydrogen (secondary N) is 1. The van der Waals surface area contributed by atoms with Gasteiger partial charge in [0.25, 0.3) is 5.91 Å². The Kier molecular flexibility index (Phi) is 9.65. The third-order valence-electron chi connectivity index (χ3n) is 5.14. The number of aliphatic hydroxyl groups excluding tert-OH is 3. The fourth-order valence-corrected chi connectivity index (χ4v) is 3.37. The lowest BCUT2D eigenvalue weighted by atomic mass is 9.93. The summed E-state index contributed by atoms with van der Waals surface area (Å²) in [6, 6.07) is 13.5. The van der Waals surface area contributed by atoms with Gasteiger partial charge in [0.2, 0.25) is 0 Å². The van der Waals surface area contributed by atoms with Crippen molar-refractivity contribution in [2.45, 2.75) is 57.5 Å². The van der Waals surface area contributed by atoms with Crippen LogP contribution in [0.2, 0.25) is 0 Å². The number of hydrogen-bond acceptors (Lipinski definition) is 6. The van der Waals surface area contributed by atoms with Crippen LogP contribution in [0.4, 0.5) is 0 Å². The topological polar surface area (TPSA) is 112 Å². The van der Waals surface area contributed by atoms with Gasteiger partial charge >= 0.3 is 0 Å². The summed E-state index contributed by atoms with van der Waals surface area (Å²) >= 11 is 0. The van der Waals surface area contributed by atoms with Crippen molar-refractivity contribution in [2.75, 3.05) is 13.7 Å². The molecule has 2 aromatic rings. The Morgan fingerprint density at radius 3 is 2.34 bits per heavy atom. The molecular formula is C25H35NO6. The van der Waals surface area contributed by atoms with E-state index in [9.17, 15) is 20.1 Å². The smallest absolute Gasteiger partial charge is 0.251 e. The van der Waals surface area contributed by atoms with Gasteiger partial charge in [-0.2, -0.15) is 0 Å². The summed E-state index contributed by atoms with van der Waals surface area (Å²) in [5.41, 5.74) is 0.858. The maximum absolute atomic E-state index is 12.6. The standard InChI is InChI=1S/C25H35NO6/c1-25(2,3)14-12-19(27)21(28)22(29)23(31-4)24(30)26-15-13-18(20-11-8-16-32-20)17-9-6-5-7-10-17/h5-12,14,16,18-19,21-23,27-29H,13,15H2,1-4H3,(H,26,30)/b14-12+/t18-,19-,21+,22-,23-/m1/s1. The van der Waals surface area contributed by atoms with Crippen LogP contribution in [0.3, 0.4) is 0 Å². The van der Waals surface area contributed by atoms with E-state index in [4.69, 9.17) is 9.15 Å². The van der Waals surface area contributed by atoms with Crippen LogP contribution >= 0.6 is 0 Å². The van der Waals surface area contributed by atoms with E-state index >= 15 is 0 Å². The first-order chi connectivity index (χ1) is 15.1. The van der Waals surface area contributed by atoms with E-state index in [1.807, 2.05) is 63.2 Å². The van der Waals surface area contributed by atoms with Crippen molar-refractivity contribution in [2.24, 2.45) is 5.41 Å². The zero-order valence-electron chi connectivity index (χ0n) is 19.1. The molecule has 7 heteroatoms. The molecule has 0 aliphatic carbocycles. The molecule has 0 saturated heterocycles. The number of benzene rings is 1. The van der Waals surface area contributed by atoms with Gasteiger partial charge in [-0.15, -0.1) is 0 Å². The van der Waals surface area contributed by atoms with E-state index in [2.05, 4.69) is 5.32 Å². The first kappa shape index (κ1) is 25.8. The summed E-state index contributed by atoms with van der Waals surface area (Å²) in [6.07, 6.45) is -0.533. The zero-order chi connectivity index (χ0) is 23.7. The molecular weight excluding hydrogens is 410 g/mol. The molecule has 7 nitrogen and oxygen atoms in total. The molecule has 176 valence electrons. The molecule has 1 aromatic heterocycles. The van der Waals surface area contributed by atoms with Crippen molar-refractivity contribution in [3.63, 3.8) is 0 Å². The highest BCUT2D eigenvalue weighted by Crippen LogP contribution is 2.28. The second-order valence-electron chi connectivity index (χ2n) is 8.91. The largest absolute Gasteiger partial charge is 0.469 e. The second-order valence-corrected chi connectivity index (χ2v) is 8.91. The summed E-state index contributed by atoms with van der Waals surface area (Å²) < 4.78 is 10.7. The Bertz CT molecular complexity index is 828. The summed E-state index contributed by atoms with van der Waals surface area (Å²) in [7, 11) is 1.27. The lowest BCUT2D eigenvalue weighted by molar-refractivity contribution is -0.148. The van der Waals surface area contributed by atoms with E-state index in [1.165, 1.54) is 13.2 Å². The molecule has 5 atom stereocenters. The fraction of sp³-hybridized carbons (Fsp3) is 0.480. The van der Waals surface area contributed by atoms with Crippen LogP contribution in [-0.4, -0.2) is 59.3 Å². The quantitative estimate of drug-likeness (QED) is 0.396. The third-order valence-corrected chi connectivity index (χ3v) is 5.14. The Morgan fingerprint density at radius 1 is 1.09 bits per heavy atom. The van der Waals surface area contributed by atoms with E-state index < -0.39 is 30.3 Å². The number of ether oxygens (including phenoxy) is 1. The highest BCUT2D eigenvalue weighted by molar-refractivity contribution is 5.81. The molecule has 1 aromatic carbocycles. The maximum Gasteiger partial charge on any atom is 0.251 e. The second kappa shape index (κ2) is 12.0. The van der Waals surface area contributed by atoms with Crippen molar-refractivity contribution >= 4 is 5.91 Å². The molecule has 1 amide bonds. The lowest BCUT2D eigenvalue weighted by Gasteiger charge is -2.27. The van der Waals surface area contributed by atoms with E-state index in [0.717, 1.165) is 11.3 Å². The van der Waals surface area contributed by atoms with Crippen molar-refractivity contribution in [3.8, 4) is 0 Å². The van der Waals surface area contributed by atoms with Gasteiger partial charge in [-0.1, -0.05) is 63.3 Å². The maximum atomic E-state index is 12.6. The Balaban J connectivity index is 1.98. The molecule has 0 saturated carbocycles. The minimum atomic E-state index is -1.60. The Labute approximate surface area is 189 Å². The minimum absolute atomic E-state index is 0.0487. The SMILES string of the molecule is CO[C@@H](C(=O)NCC[C@H](c1ccccc1)c1ccco1)[C@H](O)[C@@H](O)[C@H](O)/C=C/C(C)(C)C. The van der Waals surface area contributed by atoms with Gasteiger partial charge in [-0.25, -0.2) is 0 Å². The van der Waals surface area contributed by atoms with Gasteiger partial charge in [0.15, 0.2) is 6.10 Å². The number of amides is 1. The van der Waals surface area contributed by atoms with Gasteiger partial charge in [-0.3, -0.25) is 4.79 Å². The van der Waals surface area contributed by atoms with Gasteiger partial charge < -0.3 is 29.8 Å². The molecule has 2 rings (SSSR count). The van der Waals surface area contributed by atoms with Crippen LogP contribution in [0.15, 0.2) is 65.3 Å². The predicted molar refractivity (Wildman–Crippen MR) is 122 cm³/mol. The van der Waals surface area contributed by atoms with E-state index in [1.54, 1.807) is 12.3 Å². The van der Waals surface area contributed by atoms with Crippen LogP contribution < -0.4 is 5.32 Å². The molecule has 0 radical (unpaired) electrons. The van der Waals surface area contributed by atoms with E-state index in [0.29, 0.717) is 13.0 Å². The highest BCUT2D eigenvalue weighted by Gasteiger charge is 2.35. The number of carbonyl (C=O) groups excluding carboxylic acids is 1. The lowest BCUT2D eigenvalue weighted by Crippen LogP contribution is -2.51. The summed E-state index contributed by atoms with van der Waals surface area (Å²) in [5, 5.41) is 33.7. The summed E-state index contributed by atoms with van der Waals surface area (Å²) in [5.74, 6) is 0.169. The molecule has 0 aliphatic heterocycles. The number of allylic oxidation sites excluding steroid dienone is 1. The summed E-state index contributed by atoms with van der Waals surface area (Å²) in [4.78, 5) is 12.6. The zero-order valence-corrected chi connectivity index (χ0v) is 19.1. The molecule has 1 heterocycles. The van der Waals surface area contributed by atoms with Gasteiger partial charge in [-0.05, 0) is 29.5 Å². The molecule has 0 spiro atoms. The molecule has 4 N–H and O–H groups in total. The third kappa shape index (κ3) is 7.60. The van der Waals surface area contributed by atoms with Crippen LogP contribution in [-0.2, 0) is 9.53 Å². The molecule has 32 heavy (non-hydrogen) atoms. The molecule has 0 aliphatic rings. The number of methoxy groups -OCH3 is 1. The minimum Gasteiger partial charge on any atom is -0.469 e. The van der Waals surface area contributed by atoms with Crippen molar-refractivity contribution < 1.29 is 29.3 Å².